The Kier molecular flexibility index (Phi) is 7.77. The number of rotatable bonds is 8. The fraction of sp³-hybridized carbons (Fsp3) is 0.300. The van der Waals surface area contributed by atoms with Crippen LogP contribution in [-0.4, -0.2) is 38.6 Å². The second-order valence-electron chi connectivity index (χ2n) is 7.32. The highest BCUT2D eigenvalue weighted by atomic mass is 35.5. The van der Waals surface area contributed by atoms with Gasteiger partial charge in [0.05, 0.1) is 10.3 Å². The van der Waals surface area contributed by atoms with Crippen LogP contribution in [0.1, 0.15) is 18.4 Å². The molecule has 14 heteroatoms. The summed E-state index contributed by atoms with van der Waals surface area (Å²) >= 11 is 5.75. The number of amides is 4. The first-order valence-corrected chi connectivity index (χ1v) is 11.9. The summed E-state index contributed by atoms with van der Waals surface area (Å²) in [6, 6.07) is 8.50. The van der Waals surface area contributed by atoms with Gasteiger partial charge in [-0.2, -0.15) is 0 Å². The molecule has 0 atom stereocenters. The van der Waals surface area contributed by atoms with Gasteiger partial charge in [-0.15, -0.1) is 13.2 Å². The Hall–Kier alpha value is -3.19. The standard InChI is InChI=1S/C20H20ClF3N4O5S/c21-16-11-14(5-8-17(16)33-20(22,23)24)27-19(30)26-13-3-1-12(2-4-13)9-10-25-18(29)28-34(31,32)15-6-7-15/h1-5,8,11,15H,6-7,9-10H2,(H2,25,28,29)(H2,26,27,30). The molecule has 34 heavy (non-hydrogen) atoms. The SMILES string of the molecule is O=C(Nc1ccc(CCNC(=O)NS(=O)(=O)C2CC2)cc1)Nc1ccc(OC(F)(F)F)c(Cl)c1. The summed E-state index contributed by atoms with van der Waals surface area (Å²) in [7, 11) is -3.60. The molecular weight excluding hydrogens is 501 g/mol. The van der Waals surface area contributed by atoms with Crippen molar-refractivity contribution in [1.82, 2.24) is 10.0 Å². The van der Waals surface area contributed by atoms with Crippen molar-refractivity contribution in [2.24, 2.45) is 0 Å². The minimum Gasteiger partial charge on any atom is -0.404 e. The largest absolute Gasteiger partial charge is 0.573 e. The van der Waals surface area contributed by atoms with E-state index in [9.17, 15) is 31.2 Å². The minimum absolute atomic E-state index is 0.154. The average Bonchev–Trinajstić information content (AvgIpc) is 3.56. The first-order chi connectivity index (χ1) is 15.9. The fourth-order valence-electron chi connectivity index (χ4n) is 2.78. The van der Waals surface area contributed by atoms with Crippen LogP contribution >= 0.6 is 11.6 Å². The highest BCUT2D eigenvalue weighted by molar-refractivity contribution is 7.90. The Labute approximate surface area is 198 Å². The van der Waals surface area contributed by atoms with Gasteiger partial charge in [-0.25, -0.2) is 22.7 Å². The molecule has 0 saturated heterocycles. The highest BCUT2D eigenvalue weighted by Gasteiger charge is 2.36. The van der Waals surface area contributed by atoms with Crippen molar-refractivity contribution >= 4 is 45.1 Å². The zero-order valence-corrected chi connectivity index (χ0v) is 19.0. The van der Waals surface area contributed by atoms with Crippen molar-refractivity contribution in [3.63, 3.8) is 0 Å². The van der Waals surface area contributed by atoms with Gasteiger partial charge < -0.3 is 20.7 Å². The maximum Gasteiger partial charge on any atom is 0.573 e. The van der Waals surface area contributed by atoms with E-state index in [1.807, 2.05) is 4.72 Å². The fourth-order valence-corrected chi connectivity index (χ4v) is 4.25. The molecule has 1 aliphatic carbocycles. The molecule has 0 aliphatic heterocycles. The van der Waals surface area contributed by atoms with Gasteiger partial charge >= 0.3 is 18.4 Å². The summed E-state index contributed by atoms with van der Waals surface area (Å²) < 4.78 is 66.0. The molecule has 0 unspecified atom stereocenters. The molecule has 1 fully saturated rings. The Morgan fingerprint density at radius 2 is 1.62 bits per heavy atom. The third-order valence-corrected chi connectivity index (χ3v) is 6.64. The van der Waals surface area contributed by atoms with E-state index in [0.29, 0.717) is 24.9 Å². The number of halogens is 4. The normalized spacial score (nSPS) is 13.6. The van der Waals surface area contributed by atoms with E-state index in [4.69, 9.17) is 11.6 Å². The van der Waals surface area contributed by atoms with E-state index in [1.54, 1.807) is 24.3 Å². The van der Waals surface area contributed by atoms with Gasteiger partial charge in [0.15, 0.2) is 0 Å². The number of hydrogen-bond acceptors (Lipinski definition) is 5. The van der Waals surface area contributed by atoms with Crippen LogP contribution in [0.25, 0.3) is 0 Å². The maximum absolute atomic E-state index is 12.3. The number of alkyl halides is 3. The molecule has 2 aromatic carbocycles. The molecule has 0 radical (unpaired) electrons. The summed E-state index contributed by atoms with van der Waals surface area (Å²) in [6.07, 6.45) is -3.36. The predicted molar refractivity (Wildman–Crippen MR) is 119 cm³/mol. The predicted octanol–water partition coefficient (Wildman–Crippen LogP) is 4.22. The summed E-state index contributed by atoms with van der Waals surface area (Å²) in [6.45, 7) is 0.202. The molecule has 4 N–H and O–H groups in total. The zero-order chi connectivity index (χ0) is 24.9. The van der Waals surface area contributed by atoms with Crippen LogP contribution in [0, 0.1) is 0 Å². The molecule has 0 heterocycles. The van der Waals surface area contributed by atoms with Crippen molar-refractivity contribution in [2.75, 3.05) is 17.2 Å². The third-order valence-electron chi connectivity index (χ3n) is 4.52. The lowest BCUT2D eigenvalue weighted by atomic mass is 10.1. The van der Waals surface area contributed by atoms with Gasteiger partial charge in [-0.1, -0.05) is 23.7 Å². The first-order valence-electron chi connectivity index (χ1n) is 9.93. The Bertz CT molecular complexity index is 1160. The lowest BCUT2D eigenvalue weighted by Gasteiger charge is -2.12. The van der Waals surface area contributed by atoms with Crippen LogP contribution in [-0.2, 0) is 16.4 Å². The highest BCUT2D eigenvalue weighted by Crippen LogP contribution is 2.32. The molecule has 4 amide bonds. The summed E-state index contributed by atoms with van der Waals surface area (Å²) in [5, 5.41) is 6.65. The Morgan fingerprint density at radius 3 is 2.21 bits per heavy atom. The first kappa shape index (κ1) is 25.4. The molecule has 0 bridgehead atoms. The van der Waals surface area contributed by atoms with Gasteiger partial charge in [-0.05, 0) is 55.2 Å². The minimum atomic E-state index is -4.89. The van der Waals surface area contributed by atoms with Crippen LogP contribution in [0.3, 0.4) is 0 Å². The maximum atomic E-state index is 12.3. The smallest absolute Gasteiger partial charge is 0.404 e. The number of carbonyl (C=O) groups is 2. The molecule has 1 saturated carbocycles. The number of anilines is 2. The van der Waals surface area contributed by atoms with Crippen molar-refractivity contribution < 1.29 is 35.9 Å². The number of sulfonamides is 1. The van der Waals surface area contributed by atoms with E-state index in [1.165, 1.54) is 6.07 Å². The molecule has 184 valence electrons. The van der Waals surface area contributed by atoms with Crippen LogP contribution in [0.2, 0.25) is 5.02 Å². The number of ether oxygens (including phenoxy) is 1. The van der Waals surface area contributed by atoms with Crippen molar-refractivity contribution in [3.8, 4) is 5.75 Å². The molecule has 2 aromatic rings. The van der Waals surface area contributed by atoms with E-state index >= 15 is 0 Å². The van der Waals surface area contributed by atoms with E-state index < -0.39 is 39.4 Å². The summed E-state index contributed by atoms with van der Waals surface area (Å²) in [4.78, 5) is 23.8. The Balaban J connectivity index is 1.43. The van der Waals surface area contributed by atoms with Crippen molar-refractivity contribution in [3.05, 3.63) is 53.1 Å². The second-order valence-corrected chi connectivity index (χ2v) is 9.69. The molecule has 3 rings (SSSR count). The van der Waals surface area contributed by atoms with Gasteiger partial charge in [0, 0.05) is 17.9 Å². The van der Waals surface area contributed by atoms with Crippen LogP contribution in [0.5, 0.6) is 5.75 Å². The average molecular weight is 521 g/mol. The van der Waals surface area contributed by atoms with Crippen LogP contribution in [0.15, 0.2) is 42.5 Å². The third kappa shape index (κ3) is 7.99. The molecule has 0 spiro atoms. The van der Waals surface area contributed by atoms with E-state index in [0.717, 1.165) is 17.7 Å². The number of hydrogen-bond donors (Lipinski definition) is 4. The molecular formula is C20H20ClF3N4O5S. The molecule has 1 aliphatic rings. The number of urea groups is 2. The van der Waals surface area contributed by atoms with Gasteiger partial charge in [0.25, 0.3) is 0 Å². The quantitative estimate of drug-likeness (QED) is 0.415. The summed E-state index contributed by atoms with van der Waals surface area (Å²) in [5.41, 5.74) is 1.41. The van der Waals surface area contributed by atoms with E-state index in [2.05, 4.69) is 20.7 Å². The topological polar surface area (TPSA) is 126 Å². The van der Waals surface area contributed by atoms with Gasteiger partial charge in [0.2, 0.25) is 10.0 Å². The van der Waals surface area contributed by atoms with Crippen molar-refractivity contribution in [1.29, 1.82) is 0 Å². The molecule has 9 nitrogen and oxygen atoms in total. The zero-order valence-electron chi connectivity index (χ0n) is 17.4. The number of nitrogens with one attached hydrogen (secondary N) is 4. The van der Waals surface area contributed by atoms with E-state index in [-0.39, 0.29) is 17.3 Å². The van der Waals surface area contributed by atoms with Crippen LogP contribution < -0.4 is 25.4 Å². The van der Waals surface area contributed by atoms with Gasteiger partial charge in [-0.3, -0.25) is 0 Å². The summed E-state index contributed by atoms with van der Waals surface area (Å²) in [5.74, 6) is -0.591. The number of benzene rings is 2. The number of carbonyl (C=O) groups excluding carboxylic acids is 2. The lowest BCUT2D eigenvalue weighted by molar-refractivity contribution is -0.274. The lowest BCUT2D eigenvalue weighted by Crippen LogP contribution is -2.41. The second kappa shape index (κ2) is 10.4. The van der Waals surface area contributed by atoms with Gasteiger partial charge in [0.1, 0.15) is 5.75 Å². The monoisotopic (exact) mass is 520 g/mol. The van der Waals surface area contributed by atoms with Crippen molar-refractivity contribution in [2.45, 2.75) is 30.9 Å². The Morgan fingerprint density at radius 1 is 1.00 bits per heavy atom. The molecule has 0 aromatic heterocycles. The van der Waals surface area contributed by atoms with Crippen LogP contribution in [0.4, 0.5) is 34.1 Å².